The van der Waals surface area contributed by atoms with Crippen molar-refractivity contribution in [2.24, 2.45) is 12.5 Å². The molecule has 0 aliphatic carbocycles. The van der Waals surface area contributed by atoms with Crippen molar-refractivity contribution in [3.05, 3.63) is 77.9 Å². The number of imidazole rings is 1. The minimum Gasteiger partial charge on any atom is -0.487 e. The van der Waals surface area contributed by atoms with E-state index >= 15 is 0 Å². The van der Waals surface area contributed by atoms with Crippen LogP contribution in [0, 0.1) is 5.41 Å². The highest BCUT2D eigenvalue weighted by molar-refractivity contribution is 5.79. The molecule has 1 atom stereocenters. The lowest BCUT2D eigenvalue weighted by molar-refractivity contribution is -0.348. The predicted octanol–water partition coefficient (Wildman–Crippen LogP) is 5.87. The maximum absolute atomic E-state index is 13.7. The number of aromatic nitrogens is 4. The Morgan fingerprint density at radius 2 is 1.79 bits per heavy atom. The van der Waals surface area contributed by atoms with Gasteiger partial charge in [-0.05, 0) is 31.0 Å². The van der Waals surface area contributed by atoms with Crippen LogP contribution in [0.1, 0.15) is 50.0 Å². The second-order valence-corrected chi connectivity index (χ2v) is 9.11. The van der Waals surface area contributed by atoms with Crippen LogP contribution in [0.3, 0.4) is 0 Å². The second kappa shape index (κ2) is 10.9. The first-order valence-corrected chi connectivity index (χ1v) is 12.2. The molecule has 0 saturated carbocycles. The first-order chi connectivity index (χ1) is 18.0. The number of nitrogens with zero attached hydrogens (tertiary/aromatic N) is 4. The number of alkyl halides is 3. The van der Waals surface area contributed by atoms with E-state index in [-0.39, 0.29) is 37.3 Å². The van der Waals surface area contributed by atoms with E-state index in [9.17, 15) is 23.1 Å². The molecule has 4 aromatic rings. The van der Waals surface area contributed by atoms with Crippen LogP contribution in [0.4, 0.5) is 13.2 Å². The summed E-state index contributed by atoms with van der Waals surface area (Å²) >= 11 is 0. The van der Waals surface area contributed by atoms with Crippen LogP contribution in [-0.4, -0.2) is 36.8 Å². The number of ether oxygens (including phenoxy) is 2. The molecule has 0 aliphatic rings. The van der Waals surface area contributed by atoms with Crippen molar-refractivity contribution < 1.29 is 32.5 Å². The zero-order valence-electron chi connectivity index (χ0n) is 21.3. The molecule has 0 aliphatic heterocycles. The van der Waals surface area contributed by atoms with Crippen LogP contribution in [0.25, 0.3) is 11.0 Å². The predicted molar refractivity (Wildman–Crippen MR) is 133 cm³/mol. The van der Waals surface area contributed by atoms with E-state index in [2.05, 4.69) is 14.8 Å². The van der Waals surface area contributed by atoms with E-state index in [1.165, 1.54) is 16.7 Å². The minimum absolute atomic E-state index is 0.0846. The highest BCUT2D eigenvalue weighted by atomic mass is 19.4. The molecule has 0 amide bonds. The number of fused-ring (bicyclic) bond motifs is 1. The van der Waals surface area contributed by atoms with E-state index < -0.39 is 24.0 Å². The molecule has 0 bridgehead atoms. The van der Waals surface area contributed by atoms with Crippen molar-refractivity contribution in [2.45, 2.75) is 52.3 Å². The highest BCUT2D eigenvalue weighted by Gasteiger charge is 2.40. The summed E-state index contributed by atoms with van der Waals surface area (Å²) in [5.74, 6) is -0.468. The van der Waals surface area contributed by atoms with E-state index in [4.69, 9.17) is 4.74 Å². The Morgan fingerprint density at radius 3 is 2.37 bits per heavy atom. The summed E-state index contributed by atoms with van der Waals surface area (Å²) in [6.07, 6.45) is -4.37. The average molecular weight is 531 g/mol. The third-order valence-corrected chi connectivity index (χ3v) is 6.76. The van der Waals surface area contributed by atoms with E-state index in [0.29, 0.717) is 22.5 Å². The first-order valence-electron chi connectivity index (χ1n) is 12.2. The standard InChI is InChI=1S/C27H29F3N4O4/c1-4-26(5-2,25(35)36)16-23-31-21-12-11-20(37-17-19-13-14-33(3)32-19)15-22(21)34(23)24(38-27(28,29)30)18-9-7-6-8-10-18/h6-15,24H,4-5,16-17H2,1-3H3,(H,35,36). The van der Waals surface area contributed by atoms with Gasteiger partial charge in [0.25, 0.3) is 0 Å². The normalized spacial score (nSPS) is 13.1. The highest BCUT2D eigenvalue weighted by Crippen LogP contribution is 2.38. The summed E-state index contributed by atoms with van der Waals surface area (Å²) in [7, 11) is 1.78. The zero-order valence-corrected chi connectivity index (χ0v) is 21.3. The first kappa shape index (κ1) is 27.2. The number of carboxylic acids is 1. The van der Waals surface area contributed by atoms with Gasteiger partial charge in [-0.25, -0.2) is 4.98 Å². The lowest BCUT2D eigenvalue weighted by Crippen LogP contribution is -2.34. The molecule has 4 rings (SSSR count). The van der Waals surface area contributed by atoms with Crippen molar-refractivity contribution in [3.8, 4) is 5.75 Å². The van der Waals surface area contributed by atoms with Crippen molar-refractivity contribution >= 4 is 17.0 Å². The maximum Gasteiger partial charge on any atom is 0.524 e. The van der Waals surface area contributed by atoms with Crippen molar-refractivity contribution in [2.75, 3.05) is 0 Å². The summed E-state index contributed by atoms with van der Waals surface area (Å²) in [4.78, 5) is 16.9. The molecule has 2 aromatic carbocycles. The molecule has 38 heavy (non-hydrogen) atoms. The summed E-state index contributed by atoms with van der Waals surface area (Å²) in [6.45, 7) is 3.65. The number of benzene rings is 2. The van der Waals surface area contributed by atoms with Gasteiger partial charge in [-0.1, -0.05) is 44.2 Å². The lowest BCUT2D eigenvalue weighted by atomic mass is 9.79. The van der Waals surface area contributed by atoms with Crippen LogP contribution in [0.15, 0.2) is 60.8 Å². The molecule has 0 saturated heterocycles. The Morgan fingerprint density at radius 1 is 1.08 bits per heavy atom. The molecule has 202 valence electrons. The van der Waals surface area contributed by atoms with Gasteiger partial charge in [0.05, 0.1) is 22.1 Å². The molecular formula is C27H29F3N4O4. The Bertz CT molecular complexity index is 1390. The Labute approximate surface area is 217 Å². The second-order valence-electron chi connectivity index (χ2n) is 9.11. The number of halogens is 3. The van der Waals surface area contributed by atoms with E-state index in [1.807, 2.05) is 0 Å². The number of hydrogen-bond acceptors (Lipinski definition) is 5. The minimum atomic E-state index is -4.97. The number of aliphatic carboxylic acids is 1. The summed E-state index contributed by atoms with van der Waals surface area (Å²) in [6, 6.07) is 14.7. The monoisotopic (exact) mass is 530 g/mol. The largest absolute Gasteiger partial charge is 0.524 e. The molecule has 11 heteroatoms. The zero-order chi connectivity index (χ0) is 27.5. The summed E-state index contributed by atoms with van der Waals surface area (Å²) in [5, 5.41) is 14.3. The Kier molecular flexibility index (Phi) is 7.77. The fourth-order valence-corrected chi connectivity index (χ4v) is 4.49. The fourth-order valence-electron chi connectivity index (χ4n) is 4.49. The molecule has 8 nitrogen and oxygen atoms in total. The van der Waals surface area contributed by atoms with Gasteiger partial charge in [0.15, 0.2) is 6.23 Å². The van der Waals surface area contributed by atoms with Crippen molar-refractivity contribution in [3.63, 3.8) is 0 Å². The number of hydrogen-bond donors (Lipinski definition) is 1. The quantitative estimate of drug-likeness (QED) is 0.261. The van der Waals surface area contributed by atoms with Gasteiger partial charge >= 0.3 is 12.3 Å². The van der Waals surface area contributed by atoms with Gasteiger partial charge in [-0.15, -0.1) is 13.2 Å². The Hall–Kier alpha value is -3.86. The van der Waals surface area contributed by atoms with Crippen molar-refractivity contribution in [1.82, 2.24) is 19.3 Å². The average Bonchev–Trinajstić information content (AvgIpc) is 3.46. The smallest absolute Gasteiger partial charge is 0.487 e. The number of rotatable bonds is 11. The molecule has 1 N–H and O–H groups in total. The van der Waals surface area contributed by atoms with E-state index in [1.54, 1.807) is 74.2 Å². The van der Waals surface area contributed by atoms with Gasteiger partial charge < -0.3 is 9.84 Å². The van der Waals surface area contributed by atoms with Gasteiger partial charge in [-0.3, -0.25) is 18.8 Å². The van der Waals surface area contributed by atoms with Crippen LogP contribution in [0.5, 0.6) is 5.75 Å². The molecule has 0 fully saturated rings. The number of carbonyl (C=O) groups is 1. The molecule has 0 radical (unpaired) electrons. The number of carboxylic acid groups (broad SMARTS) is 1. The third kappa shape index (κ3) is 5.83. The molecular weight excluding hydrogens is 501 g/mol. The van der Waals surface area contributed by atoms with Gasteiger partial charge in [-0.2, -0.15) is 5.10 Å². The van der Waals surface area contributed by atoms with Gasteiger partial charge in [0, 0.05) is 31.3 Å². The van der Waals surface area contributed by atoms with Crippen LogP contribution in [0.2, 0.25) is 0 Å². The number of aryl methyl sites for hydroxylation is 1. The molecule has 2 aromatic heterocycles. The molecule has 0 spiro atoms. The lowest BCUT2D eigenvalue weighted by Gasteiger charge is -2.29. The SMILES string of the molecule is CCC(CC)(Cc1nc2ccc(OCc3ccn(C)n3)cc2n1C(OC(F)(F)F)c1ccccc1)C(=O)O. The van der Waals surface area contributed by atoms with E-state index in [0.717, 1.165) is 0 Å². The molecule has 2 heterocycles. The Balaban J connectivity index is 1.87. The summed E-state index contributed by atoms with van der Waals surface area (Å²) in [5.41, 5.74) is 0.420. The van der Waals surface area contributed by atoms with Gasteiger partial charge in [0.1, 0.15) is 18.2 Å². The van der Waals surface area contributed by atoms with Crippen LogP contribution < -0.4 is 4.74 Å². The molecule has 1 unspecified atom stereocenters. The third-order valence-electron chi connectivity index (χ3n) is 6.76. The fraction of sp³-hybridized carbons (Fsp3) is 0.370. The van der Waals surface area contributed by atoms with Crippen molar-refractivity contribution in [1.29, 1.82) is 0 Å². The maximum atomic E-state index is 13.7. The summed E-state index contributed by atoms with van der Waals surface area (Å²) < 4.78 is 54.6. The van der Waals surface area contributed by atoms with Crippen LogP contribution >= 0.6 is 0 Å². The van der Waals surface area contributed by atoms with Crippen LogP contribution in [-0.2, 0) is 29.6 Å². The topological polar surface area (TPSA) is 91.4 Å². The van der Waals surface area contributed by atoms with Gasteiger partial charge in [0.2, 0.25) is 0 Å².